The van der Waals surface area contributed by atoms with E-state index in [0.29, 0.717) is 16.5 Å². The Morgan fingerprint density at radius 1 is 1.28 bits per heavy atom. The van der Waals surface area contributed by atoms with Gasteiger partial charge >= 0.3 is 0 Å². The first-order valence-corrected chi connectivity index (χ1v) is 5.94. The van der Waals surface area contributed by atoms with Crippen LogP contribution in [0.15, 0.2) is 47.1 Å². The largest absolute Gasteiger partial charge is 0.460 e. The standard InChI is InChI=1S/C15H10ClO2/c1-10-9-17-15-13(10)6-3-7-14(15)18-12-5-2-4-11(16)8-12/h2-3,5-9H,1H3. The van der Waals surface area contributed by atoms with Crippen molar-refractivity contribution in [2.45, 2.75) is 6.92 Å². The van der Waals surface area contributed by atoms with Crippen molar-refractivity contribution < 1.29 is 9.15 Å². The molecule has 89 valence electrons. The van der Waals surface area contributed by atoms with Crippen molar-refractivity contribution in [3.8, 4) is 11.5 Å². The molecule has 0 saturated heterocycles. The fraction of sp³-hybridized carbons (Fsp3) is 0.0667. The van der Waals surface area contributed by atoms with Gasteiger partial charge < -0.3 is 9.15 Å². The number of para-hydroxylation sites is 1. The second kappa shape index (κ2) is 4.39. The van der Waals surface area contributed by atoms with E-state index >= 15 is 0 Å². The molecule has 1 heterocycles. The summed E-state index contributed by atoms with van der Waals surface area (Å²) in [5.74, 6) is 1.35. The van der Waals surface area contributed by atoms with Crippen LogP contribution in [0.1, 0.15) is 5.56 Å². The Bertz CT molecular complexity index is 701. The van der Waals surface area contributed by atoms with Crippen LogP contribution in [0.4, 0.5) is 0 Å². The minimum atomic E-state index is 0.523. The Morgan fingerprint density at radius 2 is 2.17 bits per heavy atom. The highest BCUT2D eigenvalue weighted by atomic mass is 35.5. The molecule has 0 unspecified atom stereocenters. The first-order chi connectivity index (χ1) is 8.74. The first-order valence-electron chi connectivity index (χ1n) is 5.56. The van der Waals surface area contributed by atoms with E-state index in [2.05, 4.69) is 6.07 Å². The summed E-state index contributed by atoms with van der Waals surface area (Å²) in [4.78, 5) is 0. The molecule has 0 atom stereocenters. The molecule has 0 aliphatic heterocycles. The highest BCUT2D eigenvalue weighted by molar-refractivity contribution is 6.30. The Kier molecular flexibility index (Phi) is 2.73. The molecule has 3 aromatic rings. The average molecular weight is 258 g/mol. The molecule has 0 amide bonds. The van der Waals surface area contributed by atoms with Crippen molar-refractivity contribution in [3.05, 3.63) is 59.3 Å². The molecule has 2 nitrogen and oxygen atoms in total. The summed E-state index contributed by atoms with van der Waals surface area (Å²) in [7, 11) is 0. The van der Waals surface area contributed by atoms with Crippen LogP contribution in [-0.2, 0) is 0 Å². The highest BCUT2D eigenvalue weighted by Crippen LogP contribution is 2.33. The molecule has 0 N–H and O–H groups in total. The van der Waals surface area contributed by atoms with Gasteiger partial charge in [-0.3, -0.25) is 0 Å². The van der Waals surface area contributed by atoms with Crippen molar-refractivity contribution in [2.24, 2.45) is 0 Å². The van der Waals surface area contributed by atoms with Crippen molar-refractivity contribution in [2.75, 3.05) is 0 Å². The number of hydrogen-bond donors (Lipinski definition) is 0. The fourth-order valence-corrected chi connectivity index (χ4v) is 2.02. The molecule has 1 radical (unpaired) electrons. The Hall–Kier alpha value is -1.93. The van der Waals surface area contributed by atoms with Gasteiger partial charge in [0.25, 0.3) is 0 Å². The van der Waals surface area contributed by atoms with Gasteiger partial charge in [-0.05, 0) is 30.7 Å². The number of aryl methyl sites for hydroxylation is 1. The maximum atomic E-state index is 5.87. The lowest BCUT2D eigenvalue weighted by Crippen LogP contribution is -1.84. The SMILES string of the molecule is Cc1coc2c(Oc3cc[c]c(Cl)c3)cccc12. The summed E-state index contributed by atoms with van der Waals surface area (Å²) in [6.07, 6.45) is 1.73. The predicted octanol–water partition coefficient (Wildman–Crippen LogP) is 4.99. The zero-order valence-corrected chi connectivity index (χ0v) is 10.5. The second-order valence-corrected chi connectivity index (χ2v) is 4.43. The van der Waals surface area contributed by atoms with Crippen LogP contribution in [0, 0.1) is 13.0 Å². The van der Waals surface area contributed by atoms with Crippen molar-refractivity contribution in [1.29, 1.82) is 0 Å². The van der Waals surface area contributed by atoms with Gasteiger partial charge in [0.05, 0.1) is 11.3 Å². The molecule has 3 heteroatoms. The number of furan rings is 1. The minimum absolute atomic E-state index is 0.523. The van der Waals surface area contributed by atoms with E-state index in [1.165, 1.54) is 0 Å². The number of benzene rings is 2. The van der Waals surface area contributed by atoms with Gasteiger partial charge in [-0.25, -0.2) is 0 Å². The Balaban J connectivity index is 2.05. The molecule has 0 aliphatic rings. The van der Waals surface area contributed by atoms with E-state index in [9.17, 15) is 0 Å². The molecule has 1 aromatic heterocycles. The molecule has 0 aliphatic carbocycles. The normalized spacial score (nSPS) is 10.8. The summed E-state index contributed by atoms with van der Waals surface area (Å²) >= 11 is 5.87. The molecule has 0 fully saturated rings. The third-order valence-corrected chi connectivity index (χ3v) is 2.94. The highest BCUT2D eigenvalue weighted by Gasteiger charge is 2.09. The van der Waals surface area contributed by atoms with E-state index in [4.69, 9.17) is 20.8 Å². The van der Waals surface area contributed by atoms with Crippen molar-refractivity contribution >= 4 is 22.6 Å². The lowest BCUT2D eigenvalue weighted by Gasteiger charge is -2.06. The molecule has 0 spiro atoms. The molecule has 2 aromatic carbocycles. The second-order valence-electron chi connectivity index (χ2n) is 4.03. The smallest absolute Gasteiger partial charge is 0.176 e. The third kappa shape index (κ3) is 1.95. The van der Waals surface area contributed by atoms with Gasteiger partial charge in [0, 0.05) is 17.5 Å². The van der Waals surface area contributed by atoms with E-state index in [0.717, 1.165) is 16.5 Å². The van der Waals surface area contributed by atoms with Crippen LogP contribution in [0.2, 0.25) is 5.02 Å². The number of rotatable bonds is 2. The van der Waals surface area contributed by atoms with E-state index in [1.54, 1.807) is 24.5 Å². The molecule has 3 rings (SSSR count). The monoisotopic (exact) mass is 257 g/mol. The molecule has 18 heavy (non-hydrogen) atoms. The number of fused-ring (bicyclic) bond motifs is 1. The van der Waals surface area contributed by atoms with Crippen molar-refractivity contribution in [3.63, 3.8) is 0 Å². The van der Waals surface area contributed by atoms with Crippen LogP contribution in [0.5, 0.6) is 11.5 Å². The molecule has 0 bridgehead atoms. The quantitative estimate of drug-likeness (QED) is 0.645. The van der Waals surface area contributed by atoms with Crippen LogP contribution in [0.3, 0.4) is 0 Å². The molecule has 0 saturated carbocycles. The average Bonchev–Trinajstić information content (AvgIpc) is 2.73. The van der Waals surface area contributed by atoms with E-state index in [1.807, 2.05) is 25.1 Å². The maximum absolute atomic E-state index is 5.87. The van der Waals surface area contributed by atoms with Gasteiger partial charge in [0.1, 0.15) is 5.75 Å². The lowest BCUT2D eigenvalue weighted by molar-refractivity contribution is 0.472. The minimum Gasteiger partial charge on any atom is -0.460 e. The summed E-state index contributed by atoms with van der Waals surface area (Å²) in [5.41, 5.74) is 1.84. The number of ether oxygens (including phenoxy) is 1. The summed E-state index contributed by atoms with van der Waals surface area (Å²) in [5, 5.41) is 1.58. The molecular weight excluding hydrogens is 248 g/mol. The zero-order chi connectivity index (χ0) is 12.5. The summed E-state index contributed by atoms with van der Waals surface area (Å²) in [6.45, 7) is 2.00. The maximum Gasteiger partial charge on any atom is 0.176 e. The fourth-order valence-electron chi connectivity index (χ4n) is 1.85. The zero-order valence-electron chi connectivity index (χ0n) is 9.74. The van der Waals surface area contributed by atoms with E-state index < -0.39 is 0 Å². The van der Waals surface area contributed by atoms with Crippen LogP contribution < -0.4 is 4.74 Å². The third-order valence-electron chi connectivity index (χ3n) is 2.72. The number of hydrogen-bond acceptors (Lipinski definition) is 2. The Labute approximate surface area is 110 Å². The van der Waals surface area contributed by atoms with Gasteiger partial charge in [-0.2, -0.15) is 0 Å². The topological polar surface area (TPSA) is 22.4 Å². The summed E-state index contributed by atoms with van der Waals surface area (Å²) < 4.78 is 11.3. The predicted molar refractivity (Wildman–Crippen MR) is 71.3 cm³/mol. The van der Waals surface area contributed by atoms with E-state index in [-0.39, 0.29) is 0 Å². The van der Waals surface area contributed by atoms with Gasteiger partial charge in [-0.1, -0.05) is 23.7 Å². The van der Waals surface area contributed by atoms with Crippen LogP contribution in [0.25, 0.3) is 11.0 Å². The molecular formula is C15H10ClO2. The van der Waals surface area contributed by atoms with Gasteiger partial charge in [0.15, 0.2) is 11.3 Å². The van der Waals surface area contributed by atoms with Crippen LogP contribution in [-0.4, -0.2) is 0 Å². The van der Waals surface area contributed by atoms with Gasteiger partial charge in [-0.15, -0.1) is 0 Å². The lowest BCUT2D eigenvalue weighted by atomic mass is 10.2. The Morgan fingerprint density at radius 3 is 3.00 bits per heavy atom. The van der Waals surface area contributed by atoms with Gasteiger partial charge in [0.2, 0.25) is 0 Å². The number of halogens is 1. The first kappa shape index (κ1) is 11.2. The van der Waals surface area contributed by atoms with Crippen molar-refractivity contribution in [1.82, 2.24) is 0 Å². The summed E-state index contributed by atoms with van der Waals surface area (Å²) in [6, 6.07) is 13.9. The van der Waals surface area contributed by atoms with Crippen LogP contribution >= 0.6 is 11.6 Å².